The lowest BCUT2D eigenvalue weighted by Crippen LogP contribution is -2.71. The normalized spacial score (nSPS) is 32.5. The van der Waals surface area contributed by atoms with Gasteiger partial charge in [0.1, 0.15) is 0 Å². The van der Waals surface area contributed by atoms with Crippen LogP contribution in [-0.4, -0.2) is 72.3 Å². The average Bonchev–Trinajstić information content (AvgIpc) is 2.73. The van der Waals surface area contributed by atoms with E-state index in [2.05, 4.69) is 0 Å². The fourth-order valence-electron chi connectivity index (χ4n) is 3.03. The Morgan fingerprint density at radius 2 is 1.79 bits per heavy atom. The van der Waals surface area contributed by atoms with Crippen molar-refractivity contribution < 1.29 is 37.8 Å². The largest absolute Gasteiger partial charge is 0.467 e. The lowest BCUT2D eigenvalue weighted by molar-refractivity contribution is -0.453. The van der Waals surface area contributed by atoms with E-state index in [1.54, 1.807) is 38.1 Å². The number of hydrogen-bond donors (Lipinski definition) is 1. The number of ether oxygens (including phenoxy) is 5. The number of methoxy groups -OCH3 is 3. The SMILES string of the molecule is COC(=O)[C@@]1([C@H](O)CCS(=O)c2ccccc2)CO[C@](C)(OC)[C@@](C)(OC)O1. The molecule has 28 heavy (non-hydrogen) atoms. The Balaban J connectivity index is 2.23. The van der Waals surface area contributed by atoms with Crippen molar-refractivity contribution in [1.29, 1.82) is 0 Å². The zero-order valence-electron chi connectivity index (χ0n) is 16.8. The summed E-state index contributed by atoms with van der Waals surface area (Å²) in [6.07, 6.45) is -1.33. The molecule has 0 bridgehead atoms. The van der Waals surface area contributed by atoms with E-state index in [-0.39, 0.29) is 18.8 Å². The molecule has 0 radical (unpaired) electrons. The molecule has 5 atom stereocenters. The van der Waals surface area contributed by atoms with Crippen molar-refractivity contribution in [2.24, 2.45) is 0 Å². The standard InChI is InChI=1S/C19H28O8S/c1-17(24-4)18(2,25-5)27-19(13-26-17,16(21)23-3)15(20)11-12-28(22)14-9-7-6-8-10-14/h6-10,15,20H,11-13H2,1-5H3/t15-,17+,18+,19+,28?/m1/s1. The summed E-state index contributed by atoms with van der Waals surface area (Å²) in [5.41, 5.74) is -1.85. The maximum atomic E-state index is 12.6. The molecule has 1 aliphatic heterocycles. The van der Waals surface area contributed by atoms with E-state index in [4.69, 9.17) is 23.7 Å². The molecule has 9 heteroatoms. The summed E-state index contributed by atoms with van der Waals surface area (Å²) in [5, 5.41) is 10.9. The lowest BCUT2D eigenvalue weighted by atomic mass is 9.91. The smallest absolute Gasteiger partial charge is 0.343 e. The third-order valence-electron chi connectivity index (χ3n) is 5.19. The number of carbonyl (C=O) groups excluding carboxylic acids is 1. The zero-order valence-corrected chi connectivity index (χ0v) is 17.6. The fourth-order valence-corrected chi connectivity index (χ4v) is 4.17. The molecule has 158 valence electrons. The third kappa shape index (κ3) is 4.14. The van der Waals surface area contributed by atoms with Crippen molar-refractivity contribution in [1.82, 2.24) is 0 Å². The summed E-state index contributed by atoms with van der Waals surface area (Å²) >= 11 is 0. The van der Waals surface area contributed by atoms with Crippen LogP contribution in [0.5, 0.6) is 0 Å². The van der Waals surface area contributed by atoms with Crippen LogP contribution in [0.4, 0.5) is 0 Å². The van der Waals surface area contributed by atoms with Gasteiger partial charge in [0.15, 0.2) is 0 Å². The van der Waals surface area contributed by atoms with Crippen molar-refractivity contribution in [3.63, 3.8) is 0 Å². The summed E-state index contributed by atoms with van der Waals surface area (Å²) in [6.45, 7) is 2.83. The van der Waals surface area contributed by atoms with Crippen LogP contribution in [-0.2, 0) is 39.3 Å². The highest BCUT2D eigenvalue weighted by atomic mass is 32.2. The van der Waals surface area contributed by atoms with E-state index in [0.717, 1.165) is 0 Å². The van der Waals surface area contributed by atoms with Crippen molar-refractivity contribution in [3.8, 4) is 0 Å². The first-order valence-corrected chi connectivity index (χ1v) is 10.1. The highest BCUT2D eigenvalue weighted by molar-refractivity contribution is 7.85. The van der Waals surface area contributed by atoms with E-state index < -0.39 is 40.0 Å². The monoisotopic (exact) mass is 416 g/mol. The Labute approximate surface area is 167 Å². The molecule has 0 aliphatic carbocycles. The summed E-state index contributed by atoms with van der Waals surface area (Å²) in [5.74, 6) is -3.51. The Kier molecular flexibility index (Phi) is 7.35. The molecule has 2 rings (SSSR count). The molecule has 0 saturated carbocycles. The molecule has 1 heterocycles. The molecule has 8 nitrogen and oxygen atoms in total. The van der Waals surface area contributed by atoms with Crippen LogP contribution < -0.4 is 0 Å². The molecule has 1 unspecified atom stereocenters. The van der Waals surface area contributed by atoms with E-state index >= 15 is 0 Å². The predicted molar refractivity (Wildman–Crippen MR) is 101 cm³/mol. The molecule has 0 aromatic heterocycles. The highest BCUT2D eigenvalue weighted by Gasteiger charge is 2.63. The van der Waals surface area contributed by atoms with Gasteiger partial charge in [0, 0.05) is 24.9 Å². The number of aliphatic hydroxyl groups excluding tert-OH is 1. The lowest BCUT2D eigenvalue weighted by Gasteiger charge is -2.53. The average molecular weight is 416 g/mol. The van der Waals surface area contributed by atoms with Crippen LogP contribution in [0.15, 0.2) is 35.2 Å². The number of benzene rings is 1. The van der Waals surface area contributed by atoms with Crippen LogP contribution in [0, 0.1) is 0 Å². The molecule has 0 amide bonds. The maximum Gasteiger partial charge on any atom is 0.343 e. The van der Waals surface area contributed by atoms with Gasteiger partial charge in [-0.15, -0.1) is 0 Å². The van der Waals surface area contributed by atoms with Crippen LogP contribution >= 0.6 is 0 Å². The summed E-state index contributed by atoms with van der Waals surface area (Å²) < 4.78 is 39.9. The molecule has 1 aromatic carbocycles. The quantitative estimate of drug-likeness (QED) is 0.632. The second kappa shape index (κ2) is 8.98. The molecule has 1 aliphatic rings. The van der Waals surface area contributed by atoms with Crippen LogP contribution in [0.3, 0.4) is 0 Å². The first kappa shape index (κ1) is 22.9. The third-order valence-corrected chi connectivity index (χ3v) is 6.60. The van der Waals surface area contributed by atoms with Gasteiger partial charge in [0.25, 0.3) is 0 Å². The molecule has 1 fully saturated rings. The minimum Gasteiger partial charge on any atom is -0.467 e. The van der Waals surface area contributed by atoms with E-state index in [9.17, 15) is 14.1 Å². The first-order chi connectivity index (χ1) is 13.2. The summed E-state index contributed by atoms with van der Waals surface area (Å²) in [6, 6.07) is 8.88. The fraction of sp³-hybridized carbons (Fsp3) is 0.632. The maximum absolute atomic E-state index is 12.6. The highest BCUT2D eigenvalue weighted by Crippen LogP contribution is 2.42. The van der Waals surface area contributed by atoms with Crippen molar-refractivity contribution in [2.45, 2.75) is 48.4 Å². The zero-order chi connectivity index (χ0) is 21.0. The number of aliphatic hydroxyl groups is 1. The van der Waals surface area contributed by atoms with E-state index in [1.165, 1.54) is 21.3 Å². The molecule has 0 spiro atoms. The number of rotatable bonds is 8. The number of hydrogen-bond acceptors (Lipinski definition) is 8. The van der Waals surface area contributed by atoms with Crippen LogP contribution in [0.1, 0.15) is 20.3 Å². The van der Waals surface area contributed by atoms with Gasteiger partial charge in [-0.3, -0.25) is 4.21 Å². The van der Waals surface area contributed by atoms with Crippen molar-refractivity contribution in [3.05, 3.63) is 30.3 Å². The van der Waals surface area contributed by atoms with Gasteiger partial charge in [-0.25, -0.2) is 4.79 Å². The minimum absolute atomic E-state index is 0.0173. The van der Waals surface area contributed by atoms with Gasteiger partial charge >= 0.3 is 5.97 Å². The predicted octanol–water partition coefficient (Wildman–Crippen LogP) is 1.23. The Hall–Kier alpha value is -1.36. The van der Waals surface area contributed by atoms with Crippen molar-refractivity contribution >= 4 is 16.8 Å². The van der Waals surface area contributed by atoms with Crippen molar-refractivity contribution in [2.75, 3.05) is 33.7 Å². The topological polar surface area (TPSA) is 101 Å². The molecular weight excluding hydrogens is 388 g/mol. The number of carbonyl (C=O) groups is 1. The van der Waals surface area contributed by atoms with Crippen LogP contribution in [0.25, 0.3) is 0 Å². The Morgan fingerprint density at radius 3 is 2.32 bits per heavy atom. The minimum atomic E-state index is -1.85. The summed E-state index contributed by atoms with van der Waals surface area (Å²) in [7, 11) is 2.65. The van der Waals surface area contributed by atoms with E-state index in [1.807, 2.05) is 6.07 Å². The van der Waals surface area contributed by atoms with Gasteiger partial charge in [-0.2, -0.15) is 0 Å². The molecule has 1 N–H and O–H groups in total. The molecular formula is C19H28O8S. The Bertz CT molecular complexity index is 698. The van der Waals surface area contributed by atoms with E-state index in [0.29, 0.717) is 4.90 Å². The summed E-state index contributed by atoms with van der Waals surface area (Å²) in [4.78, 5) is 13.2. The Morgan fingerprint density at radius 1 is 1.18 bits per heavy atom. The van der Waals surface area contributed by atoms with Gasteiger partial charge < -0.3 is 28.8 Å². The molecule has 1 aromatic rings. The molecule has 1 saturated heterocycles. The second-order valence-corrected chi connectivity index (χ2v) is 8.31. The number of esters is 1. The van der Waals surface area contributed by atoms with Gasteiger partial charge in [0.05, 0.1) is 30.6 Å². The van der Waals surface area contributed by atoms with Crippen LogP contribution in [0.2, 0.25) is 0 Å². The first-order valence-electron chi connectivity index (χ1n) is 8.82. The second-order valence-electron chi connectivity index (χ2n) is 6.74. The van der Waals surface area contributed by atoms with Gasteiger partial charge in [-0.05, 0) is 32.4 Å². The van der Waals surface area contributed by atoms with Gasteiger partial charge in [0.2, 0.25) is 17.2 Å². The van der Waals surface area contributed by atoms with Gasteiger partial charge in [-0.1, -0.05) is 18.2 Å².